The number of hydrogen-bond donors (Lipinski definition) is 1. The van der Waals surface area contributed by atoms with Crippen molar-refractivity contribution in [2.24, 2.45) is 5.73 Å². The molecule has 2 heteroatoms. The fraction of sp³-hybridized carbons (Fsp3) is 0.750. The van der Waals surface area contributed by atoms with Crippen LogP contribution in [-0.2, 0) is 4.74 Å². The van der Waals surface area contributed by atoms with Crippen molar-refractivity contribution in [1.29, 1.82) is 0 Å². The lowest BCUT2D eigenvalue weighted by molar-refractivity contribution is 0.102. The summed E-state index contributed by atoms with van der Waals surface area (Å²) in [5.74, 6) is 0. The first-order chi connectivity index (χ1) is 4.63. The van der Waals surface area contributed by atoms with Gasteiger partial charge in [0.05, 0.1) is 12.7 Å². The summed E-state index contributed by atoms with van der Waals surface area (Å²) in [4.78, 5) is 0. The van der Waals surface area contributed by atoms with Gasteiger partial charge < -0.3 is 10.5 Å². The minimum Gasteiger partial charge on any atom is -0.375 e. The van der Waals surface area contributed by atoms with Crippen molar-refractivity contribution in [3.8, 4) is 0 Å². The zero-order valence-corrected chi connectivity index (χ0v) is 7.00. The van der Waals surface area contributed by atoms with Crippen LogP contribution in [0.25, 0.3) is 0 Å². The second-order valence-corrected chi connectivity index (χ2v) is 2.67. The molecule has 1 atom stereocenters. The summed E-state index contributed by atoms with van der Waals surface area (Å²) in [6.45, 7) is 6.63. The van der Waals surface area contributed by atoms with Crippen LogP contribution < -0.4 is 5.73 Å². The Hall–Kier alpha value is -0.340. The van der Waals surface area contributed by atoms with Gasteiger partial charge >= 0.3 is 0 Å². The molecule has 0 radical (unpaired) electrons. The number of hydrogen-bond acceptors (Lipinski definition) is 2. The van der Waals surface area contributed by atoms with Gasteiger partial charge in [0.15, 0.2) is 0 Å². The van der Waals surface area contributed by atoms with Crippen molar-refractivity contribution in [3.63, 3.8) is 0 Å². The van der Waals surface area contributed by atoms with Gasteiger partial charge in [0.2, 0.25) is 0 Å². The van der Waals surface area contributed by atoms with Gasteiger partial charge in [-0.3, -0.25) is 0 Å². The molecule has 60 valence electrons. The molecule has 0 saturated carbocycles. The third-order valence-corrected chi connectivity index (χ3v) is 0.965. The lowest BCUT2D eigenvalue weighted by atomic mass is 10.3. The molecule has 1 unspecified atom stereocenters. The van der Waals surface area contributed by atoms with E-state index in [-0.39, 0.29) is 6.04 Å². The molecule has 2 N–H and O–H groups in total. The van der Waals surface area contributed by atoms with Gasteiger partial charge in [-0.05, 0) is 20.8 Å². The van der Waals surface area contributed by atoms with Crippen molar-refractivity contribution < 1.29 is 4.74 Å². The second-order valence-electron chi connectivity index (χ2n) is 2.67. The van der Waals surface area contributed by atoms with E-state index in [2.05, 4.69) is 0 Å². The molecule has 2 nitrogen and oxygen atoms in total. The van der Waals surface area contributed by atoms with E-state index in [1.54, 1.807) is 0 Å². The quantitative estimate of drug-likeness (QED) is 0.602. The van der Waals surface area contributed by atoms with E-state index in [1.807, 2.05) is 32.9 Å². The highest BCUT2D eigenvalue weighted by Gasteiger charge is 1.88. The Balaban J connectivity index is 3.19. The maximum absolute atomic E-state index is 5.47. The molecular formula is C8H17NO. The lowest BCUT2D eigenvalue weighted by Crippen LogP contribution is -2.11. The molecule has 0 aliphatic heterocycles. The zero-order valence-electron chi connectivity index (χ0n) is 7.00. The highest BCUT2D eigenvalue weighted by molar-refractivity contribution is 4.88. The van der Waals surface area contributed by atoms with Crippen molar-refractivity contribution in [3.05, 3.63) is 12.2 Å². The predicted molar refractivity (Wildman–Crippen MR) is 43.9 cm³/mol. The Morgan fingerprint density at radius 3 is 2.40 bits per heavy atom. The van der Waals surface area contributed by atoms with Crippen LogP contribution in [0, 0.1) is 0 Å². The van der Waals surface area contributed by atoms with E-state index in [0.717, 1.165) is 0 Å². The Morgan fingerprint density at radius 2 is 2.00 bits per heavy atom. The molecule has 0 aromatic rings. The average Bonchev–Trinajstić information content (AvgIpc) is 1.79. The molecule has 0 bridgehead atoms. The van der Waals surface area contributed by atoms with Gasteiger partial charge in [0.25, 0.3) is 0 Å². The molecule has 0 aromatic heterocycles. The minimum absolute atomic E-state index is 0.135. The molecule has 0 spiro atoms. The zero-order chi connectivity index (χ0) is 7.98. The number of rotatable bonds is 4. The first-order valence-corrected chi connectivity index (χ1v) is 3.66. The van der Waals surface area contributed by atoms with Gasteiger partial charge in [-0.2, -0.15) is 0 Å². The molecule has 0 aliphatic carbocycles. The van der Waals surface area contributed by atoms with Crippen molar-refractivity contribution in [1.82, 2.24) is 0 Å². The maximum Gasteiger partial charge on any atom is 0.0651 e. The normalized spacial score (nSPS) is 14.9. The molecule has 0 saturated heterocycles. The highest BCUT2D eigenvalue weighted by Crippen LogP contribution is 1.88. The van der Waals surface area contributed by atoms with Crippen LogP contribution in [0.5, 0.6) is 0 Å². The summed E-state index contributed by atoms with van der Waals surface area (Å²) in [5, 5.41) is 0. The van der Waals surface area contributed by atoms with E-state index in [9.17, 15) is 0 Å². The van der Waals surface area contributed by atoms with Crippen LogP contribution in [0.4, 0.5) is 0 Å². The minimum atomic E-state index is 0.135. The lowest BCUT2D eigenvalue weighted by Gasteiger charge is -2.03. The summed E-state index contributed by atoms with van der Waals surface area (Å²) < 4.78 is 5.25. The maximum atomic E-state index is 5.47. The Morgan fingerprint density at radius 1 is 1.40 bits per heavy atom. The van der Waals surface area contributed by atoms with Gasteiger partial charge in [0.1, 0.15) is 0 Å². The number of ether oxygens (including phenoxy) is 1. The summed E-state index contributed by atoms with van der Waals surface area (Å²) in [6, 6.07) is 0.135. The molecular weight excluding hydrogens is 126 g/mol. The van der Waals surface area contributed by atoms with E-state index in [1.165, 1.54) is 0 Å². The van der Waals surface area contributed by atoms with Gasteiger partial charge in [-0.15, -0.1) is 0 Å². The topological polar surface area (TPSA) is 35.2 Å². The Labute approximate surface area is 63.1 Å². The Bertz CT molecular complexity index is 97.4. The standard InChI is InChI=1S/C8H17NO/c1-7(2)10-6-4-5-8(3)9/h4-5,7-8H,6,9H2,1-3H3/b5-4+. The molecule has 0 heterocycles. The Kier molecular flexibility index (Phi) is 5.26. The van der Waals surface area contributed by atoms with Crippen molar-refractivity contribution >= 4 is 0 Å². The molecule has 0 aliphatic rings. The second kappa shape index (κ2) is 5.45. The van der Waals surface area contributed by atoms with Crippen molar-refractivity contribution in [2.75, 3.05) is 6.61 Å². The first kappa shape index (κ1) is 9.66. The molecule has 10 heavy (non-hydrogen) atoms. The van der Waals surface area contributed by atoms with Crippen LogP contribution >= 0.6 is 0 Å². The third kappa shape index (κ3) is 7.66. The van der Waals surface area contributed by atoms with E-state index < -0.39 is 0 Å². The molecule has 0 fully saturated rings. The van der Waals surface area contributed by atoms with Crippen LogP contribution in [0.1, 0.15) is 20.8 Å². The van der Waals surface area contributed by atoms with E-state index >= 15 is 0 Å². The molecule has 0 aromatic carbocycles. The van der Waals surface area contributed by atoms with E-state index in [0.29, 0.717) is 12.7 Å². The fourth-order valence-corrected chi connectivity index (χ4v) is 0.518. The SMILES string of the molecule is CC(N)/C=C/COC(C)C. The molecule has 0 amide bonds. The predicted octanol–water partition coefficient (Wildman–Crippen LogP) is 1.31. The van der Waals surface area contributed by atoms with Crippen LogP contribution in [0.15, 0.2) is 12.2 Å². The fourth-order valence-electron chi connectivity index (χ4n) is 0.518. The van der Waals surface area contributed by atoms with E-state index in [4.69, 9.17) is 10.5 Å². The van der Waals surface area contributed by atoms with Gasteiger partial charge in [-0.25, -0.2) is 0 Å². The van der Waals surface area contributed by atoms with Gasteiger partial charge in [0, 0.05) is 6.04 Å². The molecule has 0 rings (SSSR count). The summed E-state index contributed by atoms with van der Waals surface area (Å²) in [6.07, 6.45) is 4.19. The average molecular weight is 143 g/mol. The smallest absolute Gasteiger partial charge is 0.0651 e. The third-order valence-electron chi connectivity index (χ3n) is 0.965. The number of nitrogens with two attached hydrogens (primary N) is 1. The van der Waals surface area contributed by atoms with Crippen LogP contribution in [0.3, 0.4) is 0 Å². The summed E-state index contributed by atoms with van der Waals surface area (Å²) in [7, 11) is 0. The van der Waals surface area contributed by atoms with Crippen LogP contribution in [0.2, 0.25) is 0 Å². The van der Waals surface area contributed by atoms with Gasteiger partial charge in [-0.1, -0.05) is 12.2 Å². The highest BCUT2D eigenvalue weighted by atomic mass is 16.5. The van der Waals surface area contributed by atoms with Crippen LogP contribution in [-0.4, -0.2) is 18.8 Å². The van der Waals surface area contributed by atoms with Crippen molar-refractivity contribution in [2.45, 2.75) is 32.9 Å². The first-order valence-electron chi connectivity index (χ1n) is 3.66. The summed E-state index contributed by atoms with van der Waals surface area (Å²) in [5.41, 5.74) is 5.47. The summed E-state index contributed by atoms with van der Waals surface area (Å²) >= 11 is 0. The largest absolute Gasteiger partial charge is 0.375 e. The monoisotopic (exact) mass is 143 g/mol.